The first-order chi connectivity index (χ1) is 9.58. The van der Waals surface area contributed by atoms with Gasteiger partial charge in [0, 0.05) is 23.1 Å². The molecule has 2 heteroatoms. The summed E-state index contributed by atoms with van der Waals surface area (Å²) in [6.45, 7) is 8.64. The van der Waals surface area contributed by atoms with Crippen LogP contribution < -0.4 is 10.6 Å². The van der Waals surface area contributed by atoms with E-state index in [1.54, 1.807) is 0 Å². The minimum Gasteiger partial charge on any atom is -0.383 e. The minimum atomic E-state index is 0.505. The summed E-state index contributed by atoms with van der Waals surface area (Å²) in [5.41, 5.74) is 6.00. The van der Waals surface area contributed by atoms with Crippen LogP contribution in [0.25, 0.3) is 0 Å². The first-order valence-corrected chi connectivity index (χ1v) is 7.29. The molecule has 0 heterocycles. The lowest BCUT2D eigenvalue weighted by Crippen LogP contribution is -2.13. The second kappa shape index (κ2) is 6.47. The van der Waals surface area contributed by atoms with Gasteiger partial charge in [-0.15, -0.1) is 0 Å². The summed E-state index contributed by atoms with van der Waals surface area (Å²) in [6, 6.07) is 15.4. The number of hydrogen-bond acceptors (Lipinski definition) is 2. The van der Waals surface area contributed by atoms with Crippen LogP contribution in [-0.2, 0) is 0 Å². The van der Waals surface area contributed by atoms with Gasteiger partial charge in [0.05, 0.1) is 0 Å². The Bertz CT molecular complexity index is 575. The maximum absolute atomic E-state index is 3.50. The van der Waals surface area contributed by atoms with Crippen molar-refractivity contribution in [2.75, 3.05) is 10.6 Å². The van der Waals surface area contributed by atoms with Crippen molar-refractivity contribution in [3.8, 4) is 0 Å². The lowest BCUT2D eigenvalue weighted by Gasteiger charge is -2.16. The molecule has 0 fully saturated rings. The zero-order chi connectivity index (χ0) is 14.5. The van der Waals surface area contributed by atoms with E-state index in [9.17, 15) is 0 Å². The second-order valence-electron chi connectivity index (χ2n) is 5.48. The second-order valence-corrected chi connectivity index (χ2v) is 5.48. The predicted octanol–water partition coefficient (Wildman–Crippen LogP) is 5.26. The van der Waals surface area contributed by atoms with E-state index in [2.05, 4.69) is 80.8 Å². The van der Waals surface area contributed by atoms with Crippen LogP contribution in [0, 0.1) is 13.8 Å². The molecule has 0 saturated carbocycles. The fourth-order valence-corrected chi connectivity index (χ4v) is 2.16. The molecule has 1 atom stereocenters. The van der Waals surface area contributed by atoms with Gasteiger partial charge in [0.1, 0.15) is 0 Å². The molecule has 2 aromatic carbocycles. The standard InChI is InChI=1S/C18H24N2/c1-5-15(4)19-17-9-10-18(14(3)12-17)20-16-8-6-7-13(2)11-16/h6-12,15,19-20H,5H2,1-4H3. The average Bonchev–Trinajstić information content (AvgIpc) is 2.42. The third-order valence-corrected chi connectivity index (χ3v) is 3.55. The van der Waals surface area contributed by atoms with Crippen molar-refractivity contribution in [1.29, 1.82) is 0 Å². The van der Waals surface area contributed by atoms with E-state index >= 15 is 0 Å². The normalized spacial score (nSPS) is 12.0. The molecule has 0 amide bonds. The van der Waals surface area contributed by atoms with Crippen molar-refractivity contribution < 1.29 is 0 Å². The van der Waals surface area contributed by atoms with Crippen molar-refractivity contribution in [2.24, 2.45) is 0 Å². The zero-order valence-electron chi connectivity index (χ0n) is 12.8. The maximum Gasteiger partial charge on any atom is 0.0415 e. The Morgan fingerprint density at radius 3 is 2.45 bits per heavy atom. The van der Waals surface area contributed by atoms with E-state index in [0.717, 1.165) is 17.8 Å². The fraction of sp³-hybridized carbons (Fsp3) is 0.333. The monoisotopic (exact) mass is 268 g/mol. The van der Waals surface area contributed by atoms with E-state index in [0.29, 0.717) is 6.04 Å². The molecule has 2 N–H and O–H groups in total. The Kier molecular flexibility index (Phi) is 4.67. The average molecular weight is 268 g/mol. The van der Waals surface area contributed by atoms with Crippen LogP contribution in [0.2, 0.25) is 0 Å². The maximum atomic E-state index is 3.50. The number of nitrogens with one attached hydrogen (secondary N) is 2. The molecule has 2 nitrogen and oxygen atoms in total. The first kappa shape index (κ1) is 14.4. The van der Waals surface area contributed by atoms with E-state index in [-0.39, 0.29) is 0 Å². The number of benzene rings is 2. The summed E-state index contributed by atoms with van der Waals surface area (Å²) in [4.78, 5) is 0. The van der Waals surface area contributed by atoms with Crippen molar-refractivity contribution >= 4 is 17.1 Å². The highest BCUT2D eigenvalue weighted by Crippen LogP contribution is 2.24. The number of aryl methyl sites for hydroxylation is 2. The summed E-state index contributed by atoms with van der Waals surface area (Å²) in [6.07, 6.45) is 1.13. The quantitative estimate of drug-likeness (QED) is 0.773. The zero-order valence-corrected chi connectivity index (χ0v) is 12.8. The van der Waals surface area contributed by atoms with Gasteiger partial charge in [-0.05, 0) is 68.7 Å². The van der Waals surface area contributed by atoms with Crippen molar-refractivity contribution in [3.05, 3.63) is 53.6 Å². The van der Waals surface area contributed by atoms with Crippen LogP contribution in [0.1, 0.15) is 31.4 Å². The summed E-state index contributed by atoms with van der Waals surface area (Å²) >= 11 is 0. The van der Waals surface area contributed by atoms with Crippen molar-refractivity contribution in [3.63, 3.8) is 0 Å². The molecule has 1 unspecified atom stereocenters. The summed E-state index contributed by atoms with van der Waals surface area (Å²) in [7, 11) is 0. The number of rotatable bonds is 5. The minimum absolute atomic E-state index is 0.505. The van der Waals surface area contributed by atoms with E-state index in [1.165, 1.54) is 16.8 Å². The highest BCUT2D eigenvalue weighted by molar-refractivity contribution is 5.66. The topological polar surface area (TPSA) is 24.1 Å². The summed E-state index contributed by atoms with van der Waals surface area (Å²) in [5, 5.41) is 6.98. The fourth-order valence-electron chi connectivity index (χ4n) is 2.16. The van der Waals surface area contributed by atoms with Gasteiger partial charge in [0.2, 0.25) is 0 Å². The van der Waals surface area contributed by atoms with Gasteiger partial charge in [-0.2, -0.15) is 0 Å². The van der Waals surface area contributed by atoms with Crippen molar-refractivity contribution in [2.45, 2.75) is 40.2 Å². The van der Waals surface area contributed by atoms with E-state index in [1.807, 2.05) is 0 Å². The molecule has 0 saturated heterocycles. The molecule has 0 bridgehead atoms. The molecule has 20 heavy (non-hydrogen) atoms. The Morgan fingerprint density at radius 2 is 1.80 bits per heavy atom. The van der Waals surface area contributed by atoms with Gasteiger partial charge >= 0.3 is 0 Å². The van der Waals surface area contributed by atoms with E-state index < -0.39 is 0 Å². The van der Waals surface area contributed by atoms with Crippen LogP contribution >= 0.6 is 0 Å². The molecule has 0 spiro atoms. The molecule has 0 aliphatic heterocycles. The van der Waals surface area contributed by atoms with Gasteiger partial charge in [-0.3, -0.25) is 0 Å². The Labute approximate surface area is 122 Å². The van der Waals surface area contributed by atoms with Crippen molar-refractivity contribution in [1.82, 2.24) is 0 Å². The predicted molar refractivity (Wildman–Crippen MR) is 89.0 cm³/mol. The molecule has 0 aliphatic carbocycles. The molecular formula is C18H24N2. The van der Waals surface area contributed by atoms with Gasteiger partial charge in [-0.25, -0.2) is 0 Å². The number of hydrogen-bond donors (Lipinski definition) is 2. The Balaban J connectivity index is 2.13. The lowest BCUT2D eigenvalue weighted by atomic mass is 10.1. The molecule has 2 aromatic rings. The SMILES string of the molecule is CCC(C)Nc1ccc(Nc2cccc(C)c2)c(C)c1. The van der Waals surface area contributed by atoms with Crippen LogP contribution in [0.4, 0.5) is 17.1 Å². The molecule has 2 rings (SSSR count). The lowest BCUT2D eigenvalue weighted by molar-refractivity contribution is 0.764. The number of anilines is 3. The summed E-state index contributed by atoms with van der Waals surface area (Å²) in [5.74, 6) is 0. The van der Waals surface area contributed by atoms with Crippen LogP contribution in [-0.4, -0.2) is 6.04 Å². The molecule has 0 aliphatic rings. The van der Waals surface area contributed by atoms with Crippen LogP contribution in [0.3, 0.4) is 0 Å². The van der Waals surface area contributed by atoms with Gasteiger partial charge < -0.3 is 10.6 Å². The smallest absolute Gasteiger partial charge is 0.0415 e. The van der Waals surface area contributed by atoms with Gasteiger partial charge in [-0.1, -0.05) is 19.1 Å². The molecule has 106 valence electrons. The Hall–Kier alpha value is -1.96. The van der Waals surface area contributed by atoms with Gasteiger partial charge in [0.15, 0.2) is 0 Å². The summed E-state index contributed by atoms with van der Waals surface area (Å²) < 4.78 is 0. The van der Waals surface area contributed by atoms with E-state index in [4.69, 9.17) is 0 Å². The molecule has 0 aromatic heterocycles. The largest absolute Gasteiger partial charge is 0.383 e. The highest BCUT2D eigenvalue weighted by atomic mass is 14.9. The Morgan fingerprint density at radius 1 is 1.00 bits per heavy atom. The van der Waals surface area contributed by atoms with Gasteiger partial charge in [0.25, 0.3) is 0 Å². The first-order valence-electron chi connectivity index (χ1n) is 7.29. The third-order valence-electron chi connectivity index (χ3n) is 3.55. The third kappa shape index (κ3) is 3.77. The van der Waals surface area contributed by atoms with Crippen LogP contribution in [0.15, 0.2) is 42.5 Å². The highest BCUT2D eigenvalue weighted by Gasteiger charge is 2.03. The van der Waals surface area contributed by atoms with Crippen LogP contribution in [0.5, 0.6) is 0 Å². The molecule has 0 radical (unpaired) electrons. The molecular weight excluding hydrogens is 244 g/mol.